The van der Waals surface area contributed by atoms with Crippen LogP contribution >= 0.6 is 22.6 Å². The van der Waals surface area contributed by atoms with Crippen molar-refractivity contribution >= 4 is 22.6 Å². The minimum absolute atomic E-state index is 0.458. The van der Waals surface area contributed by atoms with Gasteiger partial charge in [-0.15, -0.1) is 10.2 Å². The van der Waals surface area contributed by atoms with Crippen LogP contribution in [0.15, 0.2) is 28.8 Å². The van der Waals surface area contributed by atoms with Crippen LogP contribution in [0.1, 0.15) is 0 Å². The number of nitrogens with zero attached hydrogens (tertiary/aromatic N) is 3. The van der Waals surface area contributed by atoms with E-state index in [4.69, 9.17) is 4.42 Å². The summed E-state index contributed by atoms with van der Waals surface area (Å²) in [6.45, 7) is 0. The Morgan fingerprint density at radius 1 is 1.25 bits per heavy atom. The molecule has 0 unspecified atom stereocenters. The Balaban J connectivity index is 2.45. The van der Waals surface area contributed by atoms with Crippen molar-refractivity contribution in [2.75, 3.05) is 0 Å². The van der Waals surface area contributed by atoms with Crippen LogP contribution in [0.3, 0.4) is 0 Å². The number of aromatic nitrogens is 3. The monoisotopic (exact) mass is 273 g/mol. The van der Waals surface area contributed by atoms with Crippen molar-refractivity contribution in [3.63, 3.8) is 0 Å². The summed E-state index contributed by atoms with van der Waals surface area (Å²) in [5, 5.41) is 7.52. The zero-order chi connectivity index (χ0) is 8.39. The Bertz CT molecular complexity index is 373. The molecule has 0 aliphatic heterocycles. The smallest absolute Gasteiger partial charge is 0.278 e. The fourth-order valence-corrected chi connectivity index (χ4v) is 1.11. The first-order valence-electron chi connectivity index (χ1n) is 3.26. The third-order valence-corrected chi connectivity index (χ3v) is 1.72. The Hall–Kier alpha value is -0.980. The van der Waals surface area contributed by atoms with Crippen molar-refractivity contribution < 1.29 is 4.42 Å². The molecule has 2 aromatic heterocycles. The average molecular weight is 273 g/mol. The lowest BCUT2D eigenvalue weighted by Crippen LogP contribution is -1.80. The van der Waals surface area contributed by atoms with Gasteiger partial charge in [-0.25, -0.2) is 0 Å². The van der Waals surface area contributed by atoms with Gasteiger partial charge in [0, 0.05) is 28.8 Å². The number of rotatable bonds is 1. The fraction of sp³-hybridized carbons (Fsp3) is 0. The van der Waals surface area contributed by atoms with Crippen molar-refractivity contribution in [1.29, 1.82) is 0 Å². The van der Waals surface area contributed by atoms with E-state index in [0.29, 0.717) is 15.5 Å². The van der Waals surface area contributed by atoms with Gasteiger partial charge in [-0.05, 0) is 12.1 Å². The van der Waals surface area contributed by atoms with Crippen molar-refractivity contribution in [2.45, 2.75) is 0 Å². The van der Waals surface area contributed by atoms with E-state index in [1.807, 2.05) is 40.8 Å². The number of pyridine rings is 1. The van der Waals surface area contributed by atoms with Gasteiger partial charge in [0.15, 0.2) is 0 Å². The molecule has 2 aromatic rings. The van der Waals surface area contributed by atoms with E-state index in [1.54, 1.807) is 6.20 Å². The Kier molecular flexibility index (Phi) is 2.03. The molecule has 0 aliphatic rings. The first kappa shape index (κ1) is 7.66. The zero-order valence-electron chi connectivity index (χ0n) is 5.94. The summed E-state index contributed by atoms with van der Waals surface area (Å²) in [7, 11) is 0. The largest absolute Gasteiger partial charge is 0.410 e. The highest BCUT2D eigenvalue weighted by Gasteiger charge is 2.05. The molecule has 12 heavy (non-hydrogen) atoms. The van der Waals surface area contributed by atoms with Crippen molar-refractivity contribution in [2.24, 2.45) is 0 Å². The summed E-state index contributed by atoms with van der Waals surface area (Å²) in [6, 6.07) is 5.54. The topological polar surface area (TPSA) is 51.8 Å². The molecule has 4 nitrogen and oxygen atoms in total. The SMILES string of the molecule is Ic1nnc(-c2ccccn2)o1. The van der Waals surface area contributed by atoms with Crippen LogP contribution in [0.4, 0.5) is 0 Å². The molecular formula is C7H4IN3O. The molecule has 0 N–H and O–H groups in total. The highest BCUT2D eigenvalue weighted by Crippen LogP contribution is 2.14. The van der Waals surface area contributed by atoms with Gasteiger partial charge in [0.25, 0.3) is 9.79 Å². The molecule has 0 saturated heterocycles. The van der Waals surface area contributed by atoms with Crippen LogP contribution in [0.5, 0.6) is 0 Å². The van der Waals surface area contributed by atoms with Gasteiger partial charge in [0.1, 0.15) is 5.69 Å². The van der Waals surface area contributed by atoms with E-state index in [9.17, 15) is 0 Å². The van der Waals surface area contributed by atoms with Gasteiger partial charge < -0.3 is 4.42 Å². The second-order valence-electron chi connectivity index (χ2n) is 2.08. The lowest BCUT2D eigenvalue weighted by atomic mass is 10.3. The maximum absolute atomic E-state index is 5.17. The molecule has 0 bridgehead atoms. The molecule has 0 fully saturated rings. The maximum atomic E-state index is 5.17. The molecule has 5 heteroatoms. The van der Waals surface area contributed by atoms with Gasteiger partial charge in [-0.2, -0.15) is 0 Å². The summed E-state index contributed by atoms with van der Waals surface area (Å²) in [6.07, 6.45) is 1.69. The summed E-state index contributed by atoms with van der Waals surface area (Å²) >= 11 is 1.96. The van der Waals surface area contributed by atoms with Crippen LogP contribution in [-0.2, 0) is 0 Å². The maximum Gasteiger partial charge on any atom is 0.278 e. The third-order valence-electron chi connectivity index (χ3n) is 1.28. The average Bonchev–Trinajstić information content (AvgIpc) is 2.54. The molecule has 0 aromatic carbocycles. The number of hydrogen-bond donors (Lipinski definition) is 0. The number of hydrogen-bond acceptors (Lipinski definition) is 4. The van der Waals surface area contributed by atoms with Crippen molar-refractivity contribution in [3.8, 4) is 11.6 Å². The summed E-state index contributed by atoms with van der Waals surface area (Å²) in [5.41, 5.74) is 0.702. The second kappa shape index (κ2) is 3.18. The minimum Gasteiger partial charge on any atom is -0.410 e. The molecule has 2 rings (SSSR count). The highest BCUT2D eigenvalue weighted by molar-refractivity contribution is 14.1. The van der Waals surface area contributed by atoms with E-state index in [1.165, 1.54) is 0 Å². The predicted octanol–water partition coefficient (Wildman–Crippen LogP) is 1.74. The van der Waals surface area contributed by atoms with Gasteiger partial charge in [-0.3, -0.25) is 4.98 Å². The van der Waals surface area contributed by atoms with Crippen molar-refractivity contribution in [3.05, 3.63) is 28.3 Å². The van der Waals surface area contributed by atoms with Crippen LogP contribution in [-0.4, -0.2) is 15.2 Å². The highest BCUT2D eigenvalue weighted by atomic mass is 127. The van der Waals surface area contributed by atoms with Gasteiger partial charge >= 0.3 is 0 Å². The zero-order valence-corrected chi connectivity index (χ0v) is 8.09. The molecule has 0 spiro atoms. The van der Waals surface area contributed by atoms with E-state index in [0.717, 1.165) is 0 Å². The van der Waals surface area contributed by atoms with Crippen LogP contribution in [0.2, 0.25) is 0 Å². The lowest BCUT2D eigenvalue weighted by Gasteiger charge is -1.89. The van der Waals surface area contributed by atoms with Gasteiger partial charge in [0.2, 0.25) is 0 Å². The molecule has 0 atom stereocenters. The Morgan fingerprint density at radius 3 is 2.75 bits per heavy atom. The lowest BCUT2D eigenvalue weighted by molar-refractivity contribution is 0.535. The molecule has 0 aliphatic carbocycles. The third kappa shape index (κ3) is 1.45. The number of halogens is 1. The molecule has 2 heterocycles. The normalized spacial score (nSPS) is 10.1. The Morgan fingerprint density at radius 2 is 2.17 bits per heavy atom. The first-order chi connectivity index (χ1) is 5.86. The minimum atomic E-state index is 0.458. The summed E-state index contributed by atoms with van der Waals surface area (Å²) in [4.78, 5) is 4.06. The van der Waals surface area contributed by atoms with Crippen LogP contribution in [0, 0.1) is 3.90 Å². The Labute approximate surface area is 82.2 Å². The predicted molar refractivity (Wildman–Crippen MR) is 50.2 cm³/mol. The van der Waals surface area contributed by atoms with Crippen LogP contribution < -0.4 is 0 Å². The molecule has 0 saturated carbocycles. The van der Waals surface area contributed by atoms with Crippen molar-refractivity contribution in [1.82, 2.24) is 15.2 Å². The summed E-state index contributed by atoms with van der Waals surface area (Å²) < 4.78 is 5.69. The second-order valence-corrected chi connectivity index (χ2v) is 3.00. The van der Waals surface area contributed by atoms with E-state index >= 15 is 0 Å². The van der Waals surface area contributed by atoms with Crippen LogP contribution in [0.25, 0.3) is 11.6 Å². The van der Waals surface area contributed by atoms with Gasteiger partial charge in [0.05, 0.1) is 0 Å². The standard InChI is InChI=1S/C7H4IN3O/c8-7-11-10-6(12-7)5-3-1-2-4-9-5/h1-4H. The molecule has 60 valence electrons. The van der Waals surface area contributed by atoms with E-state index in [2.05, 4.69) is 15.2 Å². The fourth-order valence-electron chi connectivity index (χ4n) is 0.798. The quantitative estimate of drug-likeness (QED) is 0.742. The van der Waals surface area contributed by atoms with E-state index in [-0.39, 0.29) is 0 Å². The first-order valence-corrected chi connectivity index (χ1v) is 4.34. The van der Waals surface area contributed by atoms with Gasteiger partial charge in [-0.1, -0.05) is 6.07 Å². The molecular weight excluding hydrogens is 269 g/mol. The van der Waals surface area contributed by atoms with E-state index < -0.39 is 0 Å². The summed E-state index contributed by atoms with van der Waals surface area (Å²) in [5.74, 6) is 0.458. The molecule has 0 amide bonds. The molecule has 0 radical (unpaired) electrons.